The lowest BCUT2D eigenvalue weighted by Crippen LogP contribution is -2.21. The smallest absolute Gasteiger partial charge is 0.122 e. The minimum Gasteiger partial charge on any atom is -0.494 e. The molecule has 0 saturated carbocycles. The summed E-state index contributed by atoms with van der Waals surface area (Å²) >= 11 is 0. The first-order chi connectivity index (χ1) is 7.17. The predicted octanol–water partition coefficient (Wildman–Crippen LogP) is 2.67. The Kier molecular flexibility index (Phi) is 4.63. The SMILES string of the molecule is CCOc1ccc(C)cc1CC(N)CC. The number of hydrogen-bond acceptors (Lipinski definition) is 2. The maximum atomic E-state index is 5.96. The van der Waals surface area contributed by atoms with Gasteiger partial charge in [-0.25, -0.2) is 0 Å². The summed E-state index contributed by atoms with van der Waals surface area (Å²) < 4.78 is 5.58. The quantitative estimate of drug-likeness (QED) is 0.805. The first-order valence-corrected chi connectivity index (χ1v) is 5.65. The Morgan fingerprint density at radius 3 is 2.67 bits per heavy atom. The van der Waals surface area contributed by atoms with E-state index in [1.807, 2.05) is 13.0 Å². The molecule has 2 nitrogen and oxygen atoms in total. The lowest BCUT2D eigenvalue weighted by Gasteiger charge is -2.14. The molecule has 84 valence electrons. The molecular formula is C13H21NO. The molecule has 0 aliphatic carbocycles. The normalized spacial score (nSPS) is 12.5. The second-order valence-electron chi connectivity index (χ2n) is 3.92. The Bertz CT molecular complexity index is 309. The van der Waals surface area contributed by atoms with E-state index in [1.165, 1.54) is 11.1 Å². The van der Waals surface area contributed by atoms with Crippen LogP contribution in [0.2, 0.25) is 0 Å². The van der Waals surface area contributed by atoms with E-state index in [1.54, 1.807) is 0 Å². The molecule has 0 radical (unpaired) electrons. The highest BCUT2D eigenvalue weighted by Crippen LogP contribution is 2.21. The number of nitrogens with two attached hydrogens (primary N) is 1. The molecule has 1 rings (SSSR count). The highest BCUT2D eigenvalue weighted by molar-refractivity contribution is 5.37. The molecule has 0 aliphatic heterocycles. The first-order valence-electron chi connectivity index (χ1n) is 5.65. The van der Waals surface area contributed by atoms with E-state index < -0.39 is 0 Å². The summed E-state index contributed by atoms with van der Waals surface area (Å²) in [5.74, 6) is 0.979. The summed E-state index contributed by atoms with van der Waals surface area (Å²) in [4.78, 5) is 0. The second kappa shape index (κ2) is 5.76. The Morgan fingerprint density at radius 1 is 1.33 bits per heavy atom. The summed E-state index contributed by atoms with van der Waals surface area (Å²) in [5.41, 5.74) is 8.45. The topological polar surface area (TPSA) is 35.2 Å². The van der Waals surface area contributed by atoms with E-state index >= 15 is 0 Å². The van der Waals surface area contributed by atoms with E-state index in [2.05, 4.69) is 26.0 Å². The van der Waals surface area contributed by atoms with Crippen molar-refractivity contribution in [2.24, 2.45) is 5.73 Å². The molecule has 1 aromatic rings. The van der Waals surface area contributed by atoms with Crippen molar-refractivity contribution in [1.82, 2.24) is 0 Å². The van der Waals surface area contributed by atoms with Crippen LogP contribution in [0.1, 0.15) is 31.4 Å². The van der Waals surface area contributed by atoms with Crippen molar-refractivity contribution < 1.29 is 4.74 Å². The Hall–Kier alpha value is -1.02. The van der Waals surface area contributed by atoms with Gasteiger partial charge in [-0.2, -0.15) is 0 Å². The fraction of sp³-hybridized carbons (Fsp3) is 0.538. The fourth-order valence-corrected chi connectivity index (χ4v) is 1.59. The van der Waals surface area contributed by atoms with Crippen LogP contribution in [0, 0.1) is 6.92 Å². The maximum absolute atomic E-state index is 5.96. The van der Waals surface area contributed by atoms with Gasteiger partial charge in [-0.1, -0.05) is 24.6 Å². The Labute approximate surface area is 92.4 Å². The van der Waals surface area contributed by atoms with E-state index in [0.29, 0.717) is 6.61 Å². The minimum absolute atomic E-state index is 0.228. The molecule has 1 unspecified atom stereocenters. The molecule has 0 amide bonds. The molecule has 0 aromatic heterocycles. The van der Waals surface area contributed by atoms with Crippen molar-refractivity contribution >= 4 is 0 Å². The van der Waals surface area contributed by atoms with Crippen LogP contribution in [-0.4, -0.2) is 12.6 Å². The van der Waals surface area contributed by atoms with E-state index in [9.17, 15) is 0 Å². The molecule has 0 fully saturated rings. The van der Waals surface area contributed by atoms with E-state index in [4.69, 9.17) is 10.5 Å². The third-order valence-electron chi connectivity index (χ3n) is 2.52. The van der Waals surface area contributed by atoms with Crippen LogP contribution in [0.15, 0.2) is 18.2 Å². The lowest BCUT2D eigenvalue weighted by molar-refractivity contribution is 0.335. The van der Waals surface area contributed by atoms with Crippen molar-refractivity contribution in [2.45, 2.75) is 39.7 Å². The highest BCUT2D eigenvalue weighted by atomic mass is 16.5. The van der Waals surface area contributed by atoms with Gasteiger partial charge < -0.3 is 10.5 Å². The number of ether oxygens (including phenoxy) is 1. The summed E-state index contributed by atoms with van der Waals surface area (Å²) in [6.07, 6.45) is 1.90. The number of aryl methyl sites for hydroxylation is 1. The lowest BCUT2D eigenvalue weighted by atomic mass is 10.0. The summed E-state index contributed by atoms with van der Waals surface area (Å²) in [6.45, 7) is 6.92. The highest BCUT2D eigenvalue weighted by Gasteiger charge is 2.07. The number of hydrogen-bond donors (Lipinski definition) is 1. The molecule has 0 spiro atoms. The van der Waals surface area contributed by atoms with Gasteiger partial charge in [0.25, 0.3) is 0 Å². The zero-order valence-electron chi connectivity index (χ0n) is 9.92. The second-order valence-corrected chi connectivity index (χ2v) is 3.92. The third-order valence-corrected chi connectivity index (χ3v) is 2.52. The predicted molar refractivity (Wildman–Crippen MR) is 64.3 cm³/mol. The van der Waals surface area contributed by atoms with Gasteiger partial charge in [0, 0.05) is 6.04 Å². The van der Waals surface area contributed by atoms with Crippen molar-refractivity contribution in [3.05, 3.63) is 29.3 Å². The molecule has 0 bridgehead atoms. The molecule has 2 heteroatoms. The van der Waals surface area contributed by atoms with Crippen molar-refractivity contribution in [3.8, 4) is 5.75 Å². The van der Waals surface area contributed by atoms with Crippen molar-refractivity contribution in [1.29, 1.82) is 0 Å². The van der Waals surface area contributed by atoms with Crippen LogP contribution in [0.5, 0.6) is 5.75 Å². The van der Waals surface area contributed by atoms with E-state index in [-0.39, 0.29) is 6.04 Å². The zero-order valence-corrected chi connectivity index (χ0v) is 9.92. The van der Waals surface area contributed by atoms with Gasteiger partial charge in [-0.3, -0.25) is 0 Å². The molecule has 1 aromatic carbocycles. The zero-order chi connectivity index (χ0) is 11.3. The van der Waals surface area contributed by atoms with Crippen LogP contribution in [0.4, 0.5) is 0 Å². The Morgan fingerprint density at radius 2 is 2.07 bits per heavy atom. The minimum atomic E-state index is 0.228. The van der Waals surface area contributed by atoms with Crippen molar-refractivity contribution in [3.63, 3.8) is 0 Å². The van der Waals surface area contributed by atoms with Crippen molar-refractivity contribution in [2.75, 3.05) is 6.61 Å². The van der Waals surface area contributed by atoms with Gasteiger partial charge in [-0.15, -0.1) is 0 Å². The summed E-state index contributed by atoms with van der Waals surface area (Å²) in [5, 5.41) is 0. The van der Waals surface area contributed by atoms with Crippen LogP contribution >= 0.6 is 0 Å². The molecule has 1 atom stereocenters. The summed E-state index contributed by atoms with van der Waals surface area (Å²) in [6, 6.07) is 6.51. The molecule has 0 aliphatic rings. The van der Waals surface area contributed by atoms with Crippen LogP contribution in [0.3, 0.4) is 0 Å². The fourth-order valence-electron chi connectivity index (χ4n) is 1.59. The van der Waals surface area contributed by atoms with Gasteiger partial charge in [0.05, 0.1) is 6.61 Å². The number of rotatable bonds is 5. The molecule has 2 N–H and O–H groups in total. The molecule has 0 saturated heterocycles. The molecular weight excluding hydrogens is 186 g/mol. The van der Waals surface area contributed by atoms with Gasteiger partial charge in [0.15, 0.2) is 0 Å². The van der Waals surface area contributed by atoms with Crippen LogP contribution in [0.25, 0.3) is 0 Å². The largest absolute Gasteiger partial charge is 0.494 e. The third kappa shape index (κ3) is 3.56. The number of benzene rings is 1. The maximum Gasteiger partial charge on any atom is 0.122 e. The van der Waals surface area contributed by atoms with Crippen LogP contribution in [-0.2, 0) is 6.42 Å². The monoisotopic (exact) mass is 207 g/mol. The van der Waals surface area contributed by atoms with Gasteiger partial charge in [-0.05, 0) is 38.3 Å². The van der Waals surface area contributed by atoms with E-state index in [0.717, 1.165) is 18.6 Å². The standard InChI is InChI=1S/C13H21NO/c1-4-12(14)9-11-8-10(3)6-7-13(11)15-5-2/h6-8,12H,4-5,9,14H2,1-3H3. The van der Waals surface area contributed by atoms with Gasteiger partial charge in [0.1, 0.15) is 5.75 Å². The van der Waals surface area contributed by atoms with Gasteiger partial charge >= 0.3 is 0 Å². The molecule has 0 heterocycles. The summed E-state index contributed by atoms with van der Waals surface area (Å²) in [7, 11) is 0. The Balaban J connectivity index is 2.86. The molecule has 15 heavy (non-hydrogen) atoms. The average molecular weight is 207 g/mol. The van der Waals surface area contributed by atoms with Gasteiger partial charge in [0.2, 0.25) is 0 Å². The van der Waals surface area contributed by atoms with Crippen LogP contribution < -0.4 is 10.5 Å². The first kappa shape index (κ1) is 12.1. The average Bonchev–Trinajstić information content (AvgIpc) is 2.22.